The van der Waals surface area contributed by atoms with Gasteiger partial charge in [0.25, 0.3) is 0 Å². The van der Waals surface area contributed by atoms with E-state index in [0.29, 0.717) is 23.5 Å². The zero-order valence-electron chi connectivity index (χ0n) is 12.5. The average molecular weight is 274 g/mol. The van der Waals surface area contributed by atoms with Gasteiger partial charge in [0, 0.05) is 11.3 Å². The molecule has 0 amide bonds. The van der Waals surface area contributed by atoms with Crippen molar-refractivity contribution in [3.05, 3.63) is 35.6 Å². The zero-order chi connectivity index (χ0) is 14.5. The third-order valence-corrected chi connectivity index (χ3v) is 5.67. The maximum absolute atomic E-state index is 13.1. The topological polar surface area (TPSA) is 17.1 Å². The molecular weight excluding hydrogens is 251 g/mol. The second-order valence-electron chi connectivity index (χ2n) is 7.04. The summed E-state index contributed by atoms with van der Waals surface area (Å²) in [5.41, 5.74) is 0.987. The Kier molecular flexibility index (Phi) is 3.23. The Morgan fingerprint density at radius 1 is 1.20 bits per heavy atom. The number of carbonyl (C=O) groups excluding carboxylic acids is 1. The molecule has 2 heteroatoms. The number of ketones is 1. The van der Waals surface area contributed by atoms with Crippen LogP contribution in [0.2, 0.25) is 0 Å². The van der Waals surface area contributed by atoms with Crippen molar-refractivity contribution in [3.63, 3.8) is 0 Å². The van der Waals surface area contributed by atoms with Crippen LogP contribution in [0.1, 0.15) is 51.5 Å². The van der Waals surface area contributed by atoms with Crippen LogP contribution in [0, 0.1) is 29.0 Å². The molecule has 2 saturated carbocycles. The van der Waals surface area contributed by atoms with Crippen molar-refractivity contribution < 1.29 is 9.18 Å². The van der Waals surface area contributed by atoms with E-state index >= 15 is 0 Å². The van der Waals surface area contributed by atoms with Crippen molar-refractivity contribution in [2.24, 2.45) is 23.2 Å². The number of Topliss-reactive ketones (excluding diaryl/α,β-unsaturated/α-hetero) is 1. The summed E-state index contributed by atoms with van der Waals surface area (Å²) >= 11 is 0. The van der Waals surface area contributed by atoms with Crippen molar-refractivity contribution in [1.29, 1.82) is 0 Å². The fraction of sp³-hybridized carbons (Fsp3) is 0.611. The quantitative estimate of drug-likeness (QED) is 0.772. The van der Waals surface area contributed by atoms with Crippen LogP contribution in [0.15, 0.2) is 24.3 Å². The Morgan fingerprint density at radius 2 is 1.85 bits per heavy atom. The molecule has 0 saturated heterocycles. The Bertz CT molecular complexity index is 519. The minimum Gasteiger partial charge on any atom is -0.299 e. The predicted octanol–water partition coefficient (Wildman–Crippen LogP) is 4.57. The minimum atomic E-state index is -0.202. The number of halogens is 1. The molecule has 0 N–H and O–H groups in total. The Hall–Kier alpha value is -1.18. The van der Waals surface area contributed by atoms with E-state index < -0.39 is 0 Å². The van der Waals surface area contributed by atoms with Gasteiger partial charge >= 0.3 is 0 Å². The first-order chi connectivity index (χ1) is 9.46. The molecule has 2 aliphatic rings. The smallest absolute Gasteiger partial charge is 0.143 e. The first-order valence-electron chi connectivity index (χ1n) is 7.76. The van der Waals surface area contributed by atoms with E-state index in [2.05, 4.69) is 20.8 Å². The molecule has 0 aliphatic heterocycles. The van der Waals surface area contributed by atoms with Gasteiger partial charge in [-0.1, -0.05) is 32.9 Å². The highest BCUT2D eigenvalue weighted by Crippen LogP contribution is 2.68. The SMILES string of the molecule is CC(C)[C@@H]1CC[C@H](C)[C@]2(C[C@@H]2c2ccc(F)cc2)C1=O. The standard InChI is InChI=1S/C18H23FO/c1-11(2)15-9-4-12(3)18(17(15)20)10-16(18)13-5-7-14(19)8-6-13/h5-8,11-12,15-16H,4,9-10H2,1-3H3/t12-,15-,16+,18-/m0/s1. The van der Waals surface area contributed by atoms with Crippen LogP contribution < -0.4 is 0 Å². The fourth-order valence-electron chi connectivity index (χ4n) is 4.25. The van der Waals surface area contributed by atoms with Gasteiger partial charge in [0.1, 0.15) is 11.6 Å². The van der Waals surface area contributed by atoms with Crippen LogP contribution in [0.25, 0.3) is 0 Å². The van der Waals surface area contributed by atoms with Crippen molar-refractivity contribution in [2.45, 2.75) is 46.0 Å². The molecule has 0 aromatic heterocycles. The molecule has 4 atom stereocenters. The lowest BCUT2D eigenvalue weighted by Gasteiger charge is -2.36. The highest BCUT2D eigenvalue weighted by atomic mass is 19.1. The summed E-state index contributed by atoms with van der Waals surface area (Å²) in [6, 6.07) is 6.74. The number of hydrogen-bond donors (Lipinski definition) is 0. The Morgan fingerprint density at radius 3 is 2.45 bits per heavy atom. The predicted molar refractivity (Wildman–Crippen MR) is 77.9 cm³/mol. The summed E-state index contributed by atoms with van der Waals surface area (Å²) in [5, 5.41) is 0. The van der Waals surface area contributed by atoms with Crippen LogP contribution >= 0.6 is 0 Å². The van der Waals surface area contributed by atoms with E-state index in [-0.39, 0.29) is 17.2 Å². The maximum Gasteiger partial charge on any atom is 0.143 e. The molecule has 2 aliphatic carbocycles. The molecule has 0 heterocycles. The lowest BCUT2D eigenvalue weighted by atomic mass is 9.66. The summed E-state index contributed by atoms with van der Waals surface area (Å²) in [4.78, 5) is 12.9. The van der Waals surface area contributed by atoms with Crippen molar-refractivity contribution in [3.8, 4) is 0 Å². The number of rotatable bonds is 2. The van der Waals surface area contributed by atoms with Gasteiger partial charge in [-0.2, -0.15) is 0 Å². The fourth-order valence-corrected chi connectivity index (χ4v) is 4.25. The molecule has 1 spiro atoms. The van der Waals surface area contributed by atoms with Crippen LogP contribution in [0.3, 0.4) is 0 Å². The highest BCUT2D eigenvalue weighted by Gasteiger charge is 2.65. The molecule has 3 rings (SSSR count). The third kappa shape index (κ3) is 1.92. The zero-order valence-corrected chi connectivity index (χ0v) is 12.5. The lowest BCUT2D eigenvalue weighted by Crippen LogP contribution is -2.39. The molecular formula is C18H23FO. The third-order valence-electron chi connectivity index (χ3n) is 5.67. The monoisotopic (exact) mass is 274 g/mol. The summed E-state index contributed by atoms with van der Waals surface area (Å²) in [7, 11) is 0. The van der Waals surface area contributed by atoms with Crippen LogP contribution in [-0.2, 0) is 4.79 Å². The molecule has 0 radical (unpaired) electrons. The number of hydrogen-bond acceptors (Lipinski definition) is 1. The molecule has 0 bridgehead atoms. The maximum atomic E-state index is 13.1. The average Bonchev–Trinajstić information content (AvgIpc) is 3.14. The second-order valence-corrected chi connectivity index (χ2v) is 7.04. The van der Waals surface area contributed by atoms with Crippen LogP contribution in [-0.4, -0.2) is 5.78 Å². The molecule has 1 nitrogen and oxygen atoms in total. The normalized spacial score (nSPS) is 36.6. The van der Waals surface area contributed by atoms with Gasteiger partial charge in [-0.15, -0.1) is 0 Å². The second kappa shape index (κ2) is 4.68. The van der Waals surface area contributed by atoms with E-state index in [1.54, 1.807) is 0 Å². The number of carbonyl (C=O) groups is 1. The Labute approximate surface area is 120 Å². The van der Waals surface area contributed by atoms with Crippen LogP contribution in [0.4, 0.5) is 4.39 Å². The molecule has 2 fully saturated rings. The minimum absolute atomic E-state index is 0.148. The lowest BCUT2D eigenvalue weighted by molar-refractivity contribution is -0.135. The molecule has 108 valence electrons. The summed E-state index contributed by atoms with van der Waals surface area (Å²) in [6.07, 6.45) is 3.14. The van der Waals surface area contributed by atoms with Gasteiger partial charge < -0.3 is 0 Å². The molecule has 20 heavy (non-hydrogen) atoms. The van der Waals surface area contributed by atoms with Gasteiger partial charge in [-0.3, -0.25) is 4.79 Å². The van der Waals surface area contributed by atoms with E-state index in [9.17, 15) is 9.18 Å². The van der Waals surface area contributed by atoms with E-state index in [4.69, 9.17) is 0 Å². The first kappa shape index (κ1) is 13.8. The van der Waals surface area contributed by atoms with Crippen molar-refractivity contribution >= 4 is 5.78 Å². The first-order valence-corrected chi connectivity index (χ1v) is 7.76. The summed E-state index contributed by atoms with van der Waals surface area (Å²) in [5.74, 6) is 1.69. The van der Waals surface area contributed by atoms with Gasteiger partial charge in [-0.05, 0) is 54.7 Å². The summed E-state index contributed by atoms with van der Waals surface area (Å²) < 4.78 is 13.1. The van der Waals surface area contributed by atoms with E-state index in [1.165, 1.54) is 12.1 Å². The number of benzene rings is 1. The van der Waals surface area contributed by atoms with E-state index in [1.807, 2.05) is 12.1 Å². The van der Waals surface area contributed by atoms with Gasteiger partial charge in [0.05, 0.1) is 0 Å². The van der Waals surface area contributed by atoms with Gasteiger partial charge in [-0.25, -0.2) is 4.39 Å². The van der Waals surface area contributed by atoms with Gasteiger partial charge in [0.2, 0.25) is 0 Å². The molecule has 1 aromatic carbocycles. The van der Waals surface area contributed by atoms with Crippen LogP contribution in [0.5, 0.6) is 0 Å². The Balaban J connectivity index is 1.88. The van der Waals surface area contributed by atoms with Crippen molar-refractivity contribution in [2.75, 3.05) is 0 Å². The summed E-state index contributed by atoms with van der Waals surface area (Å²) in [6.45, 7) is 6.53. The highest BCUT2D eigenvalue weighted by molar-refractivity contribution is 5.92. The molecule has 1 aromatic rings. The molecule has 0 unspecified atom stereocenters. The van der Waals surface area contributed by atoms with Gasteiger partial charge in [0.15, 0.2) is 0 Å². The van der Waals surface area contributed by atoms with E-state index in [0.717, 1.165) is 24.8 Å². The van der Waals surface area contributed by atoms with Crippen molar-refractivity contribution in [1.82, 2.24) is 0 Å². The largest absolute Gasteiger partial charge is 0.299 e.